The van der Waals surface area contributed by atoms with Crippen LogP contribution in [0.4, 0.5) is 4.39 Å². The smallest absolute Gasteiger partial charge is 0.123 e. The normalized spacial score (nSPS) is 23.1. The lowest BCUT2D eigenvalue weighted by atomic mass is 9.85. The lowest BCUT2D eigenvalue weighted by Crippen LogP contribution is -2.47. The summed E-state index contributed by atoms with van der Waals surface area (Å²) in [5, 5.41) is 13.6. The molecule has 0 spiro atoms. The molecule has 0 aromatic heterocycles. The van der Waals surface area contributed by atoms with E-state index in [0.29, 0.717) is 5.92 Å². The summed E-state index contributed by atoms with van der Waals surface area (Å²) in [6, 6.07) is 4.36. The molecule has 2 aliphatic rings. The second-order valence-electron chi connectivity index (χ2n) is 5.88. The molecule has 1 atom stereocenters. The minimum Gasteiger partial charge on any atom is -0.508 e. The van der Waals surface area contributed by atoms with E-state index in [4.69, 9.17) is 4.74 Å². The molecule has 0 amide bonds. The molecule has 0 radical (unpaired) electrons. The van der Waals surface area contributed by atoms with E-state index in [9.17, 15) is 9.50 Å². The van der Waals surface area contributed by atoms with Crippen LogP contribution in [0.25, 0.3) is 0 Å². The van der Waals surface area contributed by atoms with Crippen molar-refractivity contribution in [3.63, 3.8) is 0 Å². The molecule has 0 aliphatic carbocycles. The number of nitrogens with zero attached hydrogens (tertiary/aromatic N) is 1. The molecule has 2 fully saturated rings. The Morgan fingerprint density at radius 3 is 2.67 bits per heavy atom. The first kappa shape index (κ1) is 14.8. The van der Waals surface area contributed by atoms with Gasteiger partial charge in [-0.1, -0.05) is 0 Å². The van der Waals surface area contributed by atoms with E-state index in [1.807, 2.05) is 0 Å². The molecule has 2 N–H and O–H groups in total. The van der Waals surface area contributed by atoms with Crippen molar-refractivity contribution >= 4 is 0 Å². The second-order valence-corrected chi connectivity index (χ2v) is 5.88. The third-order valence-corrected chi connectivity index (χ3v) is 4.57. The van der Waals surface area contributed by atoms with Crippen molar-refractivity contribution < 1.29 is 14.2 Å². The van der Waals surface area contributed by atoms with Crippen molar-refractivity contribution in [1.82, 2.24) is 10.2 Å². The largest absolute Gasteiger partial charge is 0.508 e. The first-order chi connectivity index (χ1) is 10.3. The SMILES string of the molecule is Oc1ccc(F)cc1[C@@H](C1CCOCC1)N1CCNCC1. The van der Waals surface area contributed by atoms with Gasteiger partial charge in [-0.25, -0.2) is 4.39 Å². The number of benzene rings is 1. The van der Waals surface area contributed by atoms with Crippen LogP contribution in [-0.2, 0) is 4.74 Å². The topological polar surface area (TPSA) is 44.7 Å². The molecule has 4 nitrogen and oxygen atoms in total. The summed E-state index contributed by atoms with van der Waals surface area (Å²) in [6.45, 7) is 5.24. The maximum Gasteiger partial charge on any atom is 0.123 e. The number of aromatic hydroxyl groups is 1. The summed E-state index contributed by atoms with van der Waals surface area (Å²) < 4.78 is 19.1. The average Bonchev–Trinajstić information content (AvgIpc) is 2.53. The lowest BCUT2D eigenvalue weighted by molar-refractivity contribution is 0.0205. The van der Waals surface area contributed by atoms with E-state index in [1.54, 1.807) is 0 Å². The number of rotatable bonds is 3. The Morgan fingerprint density at radius 2 is 1.95 bits per heavy atom. The van der Waals surface area contributed by atoms with Crippen LogP contribution in [0.2, 0.25) is 0 Å². The van der Waals surface area contributed by atoms with Gasteiger partial charge in [0.05, 0.1) is 0 Å². The zero-order valence-corrected chi connectivity index (χ0v) is 12.2. The van der Waals surface area contributed by atoms with E-state index in [-0.39, 0.29) is 17.6 Å². The molecule has 0 saturated carbocycles. The Bertz CT molecular complexity index is 453. The molecular weight excluding hydrogens is 271 g/mol. The number of hydrogen-bond acceptors (Lipinski definition) is 4. The Morgan fingerprint density at radius 1 is 1.24 bits per heavy atom. The van der Waals surface area contributed by atoms with Crippen molar-refractivity contribution in [3.05, 3.63) is 29.6 Å². The van der Waals surface area contributed by atoms with Gasteiger partial charge in [-0.05, 0) is 37.0 Å². The Kier molecular flexibility index (Phi) is 4.73. The van der Waals surface area contributed by atoms with Crippen LogP contribution in [0.3, 0.4) is 0 Å². The van der Waals surface area contributed by atoms with Gasteiger partial charge >= 0.3 is 0 Å². The Balaban J connectivity index is 1.91. The third kappa shape index (κ3) is 3.36. The summed E-state index contributed by atoms with van der Waals surface area (Å²) in [5.41, 5.74) is 0.726. The molecule has 2 saturated heterocycles. The summed E-state index contributed by atoms with van der Waals surface area (Å²) in [5.74, 6) is 0.325. The predicted octanol–water partition coefficient (Wildman–Crippen LogP) is 1.90. The number of piperazine rings is 1. The quantitative estimate of drug-likeness (QED) is 0.894. The fourth-order valence-corrected chi connectivity index (χ4v) is 3.50. The molecule has 5 heteroatoms. The van der Waals surface area contributed by atoms with Crippen LogP contribution in [0.1, 0.15) is 24.4 Å². The minimum absolute atomic E-state index is 0.0756. The molecular formula is C16H23FN2O2. The number of phenols is 1. The van der Waals surface area contributed by atoms with Crippen molar-refractivity contribution in [2.75, 3.05) is 39.4 Å². The summed E-state index contributed by atoms with van der Waals surface area (Å²) >= 11 is 0. The van der Waals surface area contributed by atoms with Gasteiger partial charge < -0.3 is 15.2 Å². The fraction of sp³-hybridized carbons (Fsp3) is 0.625. The highest BCUT2D eigenvalue weighted by Crippen LogP contribution is 2.39. The molecule has 21 heavy (non-hydrogen) atoms. The molecule has 0 bridgehead atoms. The van der Waals surface area contributed by atoms with Crippen molar-refractivity contribution in [2.24, 2.45) is 5.92 Å². The molecule has 0 unspecified atom stereocenters. The van der Waals surface area contributed by atoms with Crippen molar-refractivity contribution in [3.8, 4) is 5.75 Å². The van der Waals surface area contributed by atoms with E-state index in [1.165, 1.54) is 18.2 Å². The monoisotopic (exact) mass is 294 g/mol. The highest BCUT2D eigenvalue weighted by Gasteiger charge is 2.33. The molecule has 1 aromatic carbocycles. The van der Waals surface area contributed by atoms with E-state index >= 15 is 0 Å². The zero-order valence-electron chi connectivity index (χ0n) is 12.2. The molecule has 3 rings (SSSR count). The minimum atomic E-state index is -0.282. The Labute approximate surface area is 124 Å². The number of halogens is 1. The standard InChI is InChI=1S/C16H23FN2O2/c17-13-1-2-15(20)14(11-13)16(12-3-9-21-10-4-12)19-7-5-18-6-8-19/h1-2,11-12,16,18,20H,3-10H2/t16-/m1/s1. The van der Waals surface area contributed by atoms with Crippen LogP contribution in [0, 0.1) is 11.7 Å². The van der Waals surface area contributed by atoms with Crippen molar-refractivity contribution in [2.45, 2.75) is 18.9 Å². The van der Waals surface area contributed by atoms with Crippen LogP contribution >= 0.6 is 0 Å². The van der Waals surface area contributed by atoms with Crippen LogP contribution < -0.4 is 5.32 Å². The number of hydrogen-bond donors (Lipinski definition) is 2. The van der Waals surface area contributed by atoms with E-state index < -0.39 is 0 Å². The maximum atomic E-state index is 13.7. The van der Waals surface area contributed by atoms with Gasteiger partial charge in [0.15, 0.2) is 0 Å². The zero-order chi connectivity index (χ0) is 14.7. The predicted molar refractivity (Wildman–Crippen MR) is 78.8 cm³/mol. The van der Waals surface area contributed by atoms with Crippen LogP contribution in [0.5, 0.6) is 5.75 Å². The van der Waals surface area contributed by atoms with Gasteiger partial charge in [0.1, 0.15) is 11.6 Å². The van der Waals surface area contributed by atoms with Gasteiger partial charge in [0.2, 0.25) is 0 Å². The third-order valence-electron chi connectivity index (χ3n) is 4.57. The van der Waals surface area contributed by atoms with E-state index in [2.05, 4.69) is 10.2 Å². The summed E-state index contributed by atoms with van der Waals surface area (Å²) in [4.78, 5) is 2.38. The van der Waals surface area contributed by atoms with Gasteiger partial charge in [0, 0.05) is 51.0 Å². The first-order valence-electron chi connectivity index (χ1n) is 7.76. The van der Waals surface area contributed by atoms with Gasteiger partial charge in [-0.2, -0.15) is 0 Å². The fourth-order valence-electron chi connectivity index (χ4n) is 3.50. The molecule has 2 aliphatic heterocycles. The van der Waals surface area contributed by atoms with Gasteiger partial charge in [-0.3, -0.25) is 4.90 Å². The molecule has 2 heterocycles. The molecule has 1 aromatic rings. The first-order valence-corrected chi connectivity index (χ1v) is 7.76. The van der Waals surface area contributed by atoms with Crippen LogP contribution in [0.15, 0.2) is 18.2 Å². The maximum absolute atomic E-state index is 13.7. The molecule has 116 valence electrons. The average molecular weight is 294 g/mol. The Hall–Kier alpha value is -1.17. The van der Waals surface area contributed by atoms with Crippen molar-refractivity contribution in [1.29, 1.82) is 0 Å². The van der Waals surface area contributed by atoms with Gasteiger partial charge in [-0.15, -0.1) is 0 Å². The number of ether oxygens (including phenoxy) is 1. The highest BCUT2D eigenvalue weighted by atomic mass is 19.1. The summed E-state index contributed by atoms with van der Waals surface area (Å²) in [6.07, 6.45) is 1.93. The number of nitrogens with one attached hydrogen (secondary N) is 1. The highest BCUT2D eigenvalue weighted by molar-refractivity contribution is 5.36. The van der Waals surface area contributed by atoms with E-state index in [0.717, 1.165) is 57.8 Å². The van der Waals surface area contributed by atoms with Crippen LogP contribution in [-0.4, -0.2) is 49.4 Å². The number of phenolic OH excluding ortho intramolecular Hbond substituents is 1. The van der Waals surface area contributed by atoms with Gasteiger partial charge in [0.25, 0.3) is 0 Å². The summed E-state index contributed by atoms with van der Waals surface area (Å²) in [7, 11) is 0. The lowest BCUT2D eigenvalue weighted by Gasteiger charge is -2.41. The second kappa shape index (κ2) is 6.73.